The average Bonchev–Trinajstić information content (AvgIpc) is 2.79. The van der Waals surface area contributed by atoms with Gasteiger partial charge >= 0.3 is 6.36 Å². The number of fused-ring (bicyclic) bond motifs is 1. The van der Waals surface area contributed by atoms with Crippen LogP contribution in [0.25, 0.3) is 22.8 Å². The molecule has 0 bridgehead atoms. The molecule has 0 aliphatic heterocycles. The molecule has 0 aromatic heterocycles. The summed E-state index contributed by atoms with van der Waals surface area (Å²) in [4.78, 5) is 0. The molecule has 4 rings (SSSR count). The van der Waals surface area contributed by atoms with Gasteiger partial charge in [-0.05, 0) is 83.8 Å². The molecule has 1 aliphatic rings. The minimum absolute atomic E-state index is 0.0701. The van der Waals surface area contributed by atoms with E-state index in [1.54, 1.807) is 24.3 Å². The van der Waals surface area contributed by atoms with Crippen molar-refractivity contribution in [2.24, 2.45) is 0 Å². The molecule has 0 unspecified atom stereocenters. The number of hydrogen-bond donors (Lipinski definition) is 0. The van der Waals surface area contributed by atoms with Gasteiger partial charge in [0, 0.05) is 11.1 Å². The van der Waals surface area contributed by atoms with Crippen LogP contribution in [0.3, 0.4) is 0 Å². The van der Waals surface area contributed by atoms with E-state index in [9.17, 15) is 26.3 Å². The van der Waals surface area contributed by atoms with E-state index in [4.69, 9.17) is 0 Å². The van der Waals surface area contributed by atoms with Gasteiger partial charge < -0.3 is 4.74 Å². The number of ether oxygens (including phenoxy) is 1. The third-order valence-electron chi connectivity index (χ3n) is 6.14. The maximum absolute atomic E-state index is 14.9. The third kappa shape index (κ3) is 5.89. The molecular weight excluding hydrogens is 466 g/mol. The topological polar surface area (TPSA) is 9.23 Å². The minimum Gasteiger partial charge on any atom is -0.403 e. The molecule has 0 spiro atoms. The molecule has 1 aliphatic carbocycles. The van der Waals surface area contributed by atoms with E-state index in [2.05, 4.69) is 11.7 Å². The monoisotopic (exact) mass is 490 g/mol. The van der Waals surface area contributed by atoms with Crippen molar-refractivity contribution in [1.82, 2.24) is 0 Å². The highest BCUT2D eigenvalue weighted by Crippen LogP contribution is 2.37. The smallest absolute Gasteiger partial charge is 0.403 e. The zero-order valence-corrected chi connectivity index (χ0v) is 19.1. The first kappa shape index (κ1) is 24.9. The Labute approximate surface area is 200 Å². The van der Waals surface area contributed by atoms with E-state index in [-0.39, 0.29) is 16.9 Å². The zero-order valence-electron chi connectivity index (χ0n) is 19.1. The minimum atomic E-state index is -5.03. The van der Waals surface area contributed by atoms with Gasteiger partial charge in [0.15, 0.2) is 11.6 Å². The summed E-state index contributed by atoms with van der Waals surface area (Å²) in [5.74, 6) is -3.18. The number of halogens is 6. The van der Waals surface area contributed by atoms with Crippen LogP contribution in [-0.2, 0) is 12.8 Å². The molecule has 0 saturated heterocycles. The van der Waals surface area contributed by atoms with Crippen LogP contribution in [0.15, 0.2) is 48.5 Å². The largest absolute Gasteiger partial charge is 0.573 e. The SMILES string of the molecule is CCCCCc1ccc(C2=Cc3cc(F)c(-c4ccc(OC(F)(F)F)c(F)c4)cc3CC2)c(F)c1. The van der Waals surface area contributed by atoms with Crippen molar-refractivity contribution in [3.05, 3.63) is 88.2 Å². The predicted molar refractivity (Wildman–Crippen MR) is 124 cm³/mol. The summed E-state index contributed by atoms with van der Waals surface area (Å²) in [6.45, 7) is 2.12. The maximum Gasteiger partial charge on any atom is 0.573 e. The van der Waals surface area contributed by atoms with Crippen molar-refractivity contribution >= 4 is 11.6 Å². The molecule has 0 heterocycles. The number of rotatable bonds is 7. The van der Waals surface area contributed by atoms with Gasteiger partial charge in [0.2, 0.25) is 0 Å². The van der Waals surface area contributed by atoms with Crippen LogP contribution in [0, 0.1) is 17.5 Å². The summed E-state index contributed by atoms with van der Waals surface area (Å²) in [5, 5.41) is 0. The quantitative estimate of drug-likeness (QED) is 0.237. The lowest BCUT2D eigenvalue weighted by atomic mass is 9.86. The van der Waals surface area contributed by atoms with E-state index < -0.39 is 23.7 Å². The Hall–Kier alpha value is -3.22. The highest BCUT2D eigenvalue weighted by molar-refractivity contribution is 5.85. The summed E-state index contributed by atoms with van der Waals surface area (Å²) >= 11 is 0. The van der Waals surface area contributed by atoms with Gasteiger partial charge in [0.1, 0.15) is 11.6 Å². The van der Waals surface area contributed by atoms with Crippen LogP contribution in [0.1, 0.15) is 54.9 Å². The fourth-order valence-corrected chi connectivity index (χ4v) is 4.38. The Kier molecular flexibility index (Phi) is 7.24. The van der Waals surface area contributed by atoms with Crippen molar-refractivity contribution in [3.63, 3.8) is 0 Å². The molecule has 0 radical (unpaired) electrons. The fraction of sp³-hybridized carbons (Fsp3) is 0.286. The molecule has 3 aromatic carbocycles. The predicted octanol–water partition coefficient (Wildman–Crippen LogP) is 8.89. The summed E-state index contributed by atoms with van der Waals surface area (Å²) in [5.41, 5.74) is 3.75. The highest BCUT2D eigenvalue weighted by atomic mass is 19.4. The number of benzene rings is 3. The third-order valence-corrected chi connectivity index (χ3v) is 6.14. The van der Waals surface area contributed by atoms with E-state index in [0.29, 0.717) is 24.0 Å². The Morgan fingerprint density at radius 1 is 0.800 bits per heavy atom. The average molecular weight is 490 g/mol. The molecule has 0 atom stereocenters. The van der Waals surface area contributed by atoms with Crippen molar-refractivity contribution in [3.8, 4) is 16.9 Å². The number of aryl methyl sites for hydroxylation is 2. The van der Waals surface area contributed by atoms with Crippen LogP contribution >= 0.6 is 0 Å². The van der Waals surface area contributed by atoms with Gasteiger partial charge in [0.25, 0.3) is 0 Å². The van der Waals surface area contributed by atoms with Crippen molar-refractivity contribution < 1.29 is 31.1 Å². The number of allylic oxidation sites excluding steroid dienone is 1. The summed E-state index contributed by atoms with van der Waals surface area (Å²) < 4.78 is 84.7. The summed E-state index contributed by atoms with van der Waals surface area (Å²) in [6, 6.07) is 10.9. The second-order valence-corrected chi connectivity index (χ2v) is 8.66. The van der Waals surface area contributed by atoms with Gasteiger partial charge in [-0.25, -0.2) is 13.2 Å². The Bertz CT molecular complexity index is 1260. The van der Waals surface area contributed by atoms with Crippen LogP contribution in [-0.4, -0.2) is 6.36 Å². The molecule has 7 heteroatoms. The molecular formula is C28H24F6O. The fourth-order valence-electron chi connectivity index (χ4n) is 4.38. The number of alkyl halides is 3. The van der Waals surface area contributed by atoms with Crippen LogP contribution in [0.2, 0.25) is 0 Å². The van der Waals surface area contributed by atoms with Gasteiger partial charge in [-0.1, -0.05) is 44.0 Å². The Morgan fingerprint density at radius 3 is 2.26 bits per heavy atom. The van der Waals surface area contributed by atoms with Crippen LogP contribution in [0.5, 0.6) is 5.75 Å². The molecule has 0 saturated carbocycles. The summed E-state index contributed by atoms with van der Waals surface area (Å²) in [7, 11) is 0. The van der Waals surface area contributed by atoms with Crippen LogP contribution in [0.4, 0.5) is 26.3 Å². The number of unbranched alkanes of at least 4 members (excludes halogenated alkanes) is 2. The number of hydrogen-bond acceptors (Lipinski definition) is 1. The molecule has 1 nitrogen and oxygen atoms in total. The first-order valence-electron chi connectivity index (χ1n) is 11.5. The zero-order chi connectivity index (χ0) is 25.2. The first-order chi connectivity index (χ1) is 16.6. The standard InChI is InChI=1S/C28H24F6O/c1-2-3-4-5-17-6-10-22(24(29)12-17)19-8-7-18-14-23(25(30)16-21(18)13-19)20-9-11-27(26(31)15-20)35-28(32,33)34/h6,9-16H,2-5,7-8H2,1H3. The summed E-state index contributed by atoms with van der Waals surface area (Å²) in [6.07, 6.45) is 1.80. The molecule has 184 valence electrons. The Balaban J connectivity index is 1.59. The van der Waals surface area contributed by atoms with Gasteiger partial charge in [-0.3, -0.25) is 0 Å². The van der Waals surface area contributed by atoms with E-state index in [1.165, 1.54) is 12.1 Å². The highest BCUT2D eigenvalue weighted by Gasteiger charge is 2.32. The van der Waals surface area contributed by atoms with Gasteiger partial charge in [-0.2, -0.15) is 0 Å². The molecule has 0 N–H and O–H groups in total. The van der Waals surface area contributed by atoms with E-state index in [1.807, 2.05) is 6.07 Å². The maximum atomic E-state index is 14.9. The molecule has 35 heavy (non-hydrogen) atoms. The van der Waals surface area contributed by atoms with Crippen molar-refractivity contribution in [2.45, 2.75) is 51.8 Å². The van der Waals surface area contributed by atoms with Gasteiger partial charge in [0.05, 0.1) is 0 Å². The normalized spacial score (nSPS) is 13.4. The lowest BCUT2D eigenvalue weighted by molar-refractivity contribution is -0.275. The van der Waals surface area contributed by atoms with E-state index >= 15 is 0 Å². The second kappa shape index (κ2) is 10.2. The van der Waals surface area contributed by atoms with E-state index in [0.717, 1.165) is 54.5 Å². The lowest BCUT2D eigenvalue weighted by Crippen LogP contribution is -2.17. The first-order valence-corrected chi connectivity index (χ1v) is 11.5. The van der Waals surface area contributed by atoms with Gasteiger partial charge in [-0.15, -0.1) is 13.2 Å². The molecule has 3 aromatic rings. The van der Waals surface area contributed by atoms with Crippen molar-refractivity contribution in [1.29, 1.82) is 0 Å². The molecule has 0 fully saturated rings. The molecule has 0 amide bonds. The Morgan fingerprint density at radius 2 is 1.57 bits per heavy atom. The van der Waals surface area contributed by atoms with Crippen LogP contribution < -0.4 is 4.74 Å². The van der Waals surface area contributed by atoms with Crippen molar-refractivity contribution in [2.75, 3.05) is 0 Å². The second-order valence-electron chi connectivity index (χ2n) is 8.66. The lowest BCUT2D eigenvalue weighted by Gasteiger charge is -2.19.